The van der Waals surface area contributed by atoms with E-state index in [-0.39, 0.29) is 18.3 Å². The zero-order valence-corrected chi connectivity index (χ0v) is 14.8. The molecule has 1 aromatic rings. The van der Waals surface area contributed by atoms with Crippen molar-refractivity contribution in [3.63, 3.8) is 0 Å². The molecular formula is C16H25Cl2N3O2. The van der Waals surface area contributed by atoms with Crippen molar-refractivity contribution in [2.45, 2.75) is 12.8 Å². The highest BCUT2D eigenvalue weighted by atomic mass is 35.5. The van der Waals surface area contributed by atoms with E-state index in [1.54, 1.807) is 24.3 Å². The number of rotatable bonds is 8. The molecular weight excluding hydrogens is 337 g/mol. The Morgan fingerprint density at radius 1 is 1.26 bits per heavy atom. The first-order valence-corrected chi connectivity index (χ1v) is 8.20. The minimum Gasteiger partial charge on any atom is -0.493 e. The molecule has 1 amide bonds. The summed E-state index contributed by atoms with van der Waals surface area (Å²) < 4.78 is 5.50. The van der Waals surface area contributed by atoms with Crippen molar-refractivity contribution in [2.24, 2.45) is 0 Å². The average Bonchev–Trinajstić information content (AvgIpc) is 2.54. The molecule has 0 bridgehead atoms. The van der Waals surface area contributed by atoms with Crippen LogP contribution >= 0.6 is 24.0 Å². The lowest BCUT2D eigenvalue weighted by molar-refractivity contribution is -0.121. The van der Waals surface area contributed by atoms with E-state index in [0.29, 0.717) is 18.1 Å². The van der Waals surface area contributed by atoms with Crippen molar-refractivity contribution in [1.29, 1.82) is 0 Å². The Hall–Kier alpha value is -1.01. The summed E-state index contributed by atoms with van der Waals surface area (Å²) in [5, 5.41) is 6.94. The first kappa shape index (κ1) is 20.0. The second-order valence-electron chi connectivity index (χ2n) is 5.35. The zero-order valence-electron chi connectivity index (χ0n) is 13.2. The monoisotopic (exact) mass is 361 g/mol. The van der Waals surface area contributed by atoms with Crippen molar-refractivity contribution in [1.82, 2.24) is 15.5 Å². The first-order chi connectivity index (χ1) is 10.7. The van der Waals surface area contributed by atoms with Crippen molar-refractivity contribution >= 4 is 29.9 Å². The first-order valence-electron chi connectivity index (χ1n) is 7.82. The number of nitrogens with zero attached hydrogens (tertiary/aromatic N) is 1. The third-order valence-electron chi connectivity index (χ3n) is 3.59. The van der Waals surface area contributed by atoms with Crippen molar-refractivity contribution < 1.29 is 9.53 Å². The molecule has 130 valence electrons. The molecule has 5 nitrogen and oxygen atoms in total. The van der Waals surface area contributed by atoms with E-state index in [1.807, 2.05) is 0 Å². The van der Waals surface area contributed by atoms with Crippen LogP contribution in [0.3, 0.4) is 0 Å². The molecule has 1 saturated heterocycles. The SMILES string of the molecule is Cl.O=C(CCOc1ccc(Cl)cc1)NCCCN1CCNCC1. The number of amides is 1. The summed E-state index contributed by atoms with van der Waals surface area (Å²) in [6.45, 7) is 6.48. The van der Waals surface area contributed by atoms with E-state index in [2.05, 4.69) is 15.5 Å². The van der Waals surface area contributed by atoms with Crippen LogP contribution in [0.5, 0.6) is 5.75 Å². The second kappa shape index (κ2) is 11.5. The molecule has 0 atom stereocenters. The lowest BCUT2D eigenvalue weighted by Crippen LogP contribution is -2.44. The van der Waals surface area contributed by atoms with Gasteiger partial charge >= 0.3 is 0 Å². The molecule has 0 radical (unpaired) electrons. The Kier molecular flexibility index (Phi) is 10.0. The number of carbonyl (C=O) groups is 1. The smallest absolute Gasteiger partial charge is 0.223 e. The highest BCUT2D eigenvalue weighted by molar-refractivity contribution is 6.30. The van der Waals surface area contributed by atoms with Crippen LogP contribution in [0, 0.1) is 0 Å². The van der Waals surface area contributed by atoms with Gasteiger partial charge in [0, 0.05) is 37.7 Å². The Labute approximate surface area is 149 Å². The molecule has 0 saturated carbocycles. The summed E-state index contributed by atoms with van der Waals surface area (Å²) in [5.74, 6) is 0.769. The molecule has 1 aliphatic rings. The minimum absolute atomic E-state index is 0. The molecule has 23 heavy (non-hydrogen) atoms. The van der Waals surface area contributed by atoms with Crippen LogP contribution in [-0.4, -0.2) is 56.7 Å². The molecule has 0 aromatic heterocycles. The van der Waals surface area contributed by atoms with Gasteiger partial charge in [-0.3, -0.25) is 4.79 Å². The van der Waals surface area contributed by atoms with E-state index >= 15 is 0 Å². The molecule has 1 heterocycles. The van der Waals surface area contributed by atoms with Gasteiger partial charge in [0.25, 0.3) is 0 Å². The Morgan fingerprint density at radius 2 is 1.96 bits per heavy atom. The van der Waals surface area contributed by atoms with Crippen LogP contribution in [0.4, 0.5) is 0 Å². The quantitative estimate of drug-likeness (QED) is 0.694. The van der Waals surface area contributed by atoms with Gasteiger partial charge in [0.1, 0.15) is 5.75 Å². The highest BCUT2D eigenvalue weighted by Gasteiger charge is 2.08. The number of ether oxygens (including phenoxy) is 1. The largest absolute Gasteiger partial charge is 0.493 e. The van der Waals surface area contributed by atoms with Crippen LogP contribution in [0.2, 0.25) is 5.02 Å². The summed E-state index contributed by atoms with van der Waals surface area (Å²) in [5.41, 5.74) is 0. The van der Waals surface area contributed by atoms with E-state index in [4.69, 9.17) is 16.3 Å². The predicted octanol–water partition coefficient (Wildman–Crippen LogP) is 1.94. The molecule has 0 aliphatic carbocycles. The predicted molar refractivity (Wildman–Crippen MR) is 95.7 cm³/mol. The number of piperazine rings is 1. The Balaban J connectivity index is 0.00000264. The third-order valence-corrected chi connectivity index (χ3v) is 3.85. The molecule has 2 N–H and O–H groups in total. The van der Waals surface area contributed by atoms with Crippen molar-refractivity contribution in [3.8, 4) is 5.75 Å². The number of hydrogen-bond donors (Lipinski definition) is 2. The number of hydrogen-bond acceptors (Lipinski definition) is 4. The maximum absolute atomic E-state index is 11.7. The molecule has 1 aromatic carbocycles. The van der Waals surface area contributed by atoms with Gasteiger partial charge in [-0.25, -0.2) is 0 Å². The zero-order chi connectivity index (χ0) is 15.6. The molecule has 1 fully saturated rings. The lowest BCUT2D eigenvalue weighted by atomic mass is 10.3. The van der Waals surface area contributed by atoms with E-state index in [9.17, 15) is 4.79 Å². The van der Waals surface area contributed by atoms with Crippen molar-refractivity contribution in [3.05, 3.63) is 29.3 Å². The van der Waals surface area contributed by atoms with Crippen LogP contribution in [0.1, 0.15) is 12.8 Å². The maximum Gasteiger partial charge on any atom is 0.223 e. The molecule has 0 spiro atoms. The molecule has 0 unspecified atom stereocenters. The Morgan fingerprint density at radius 3 is 2.65 bits per heavy atom. The lowest BCUT2D eigenvalue weighted by Gasteiger charge is -2.27. The Bertz CT molecular complexity index is 451. The van der Waals surface area contributed by atoms with Gasteiger partial charge < -0.3 is 20.3 Å². The summed E-state index contributed by atoms with van der Waals surface area (Å²) in [7, 11) is 0. The summed E-state index contributed by atoms with van der Waals surface area (Å²) >= 11 is 5.80. The van der Waals surface area contributed by atoms with E-state index < -0.39 is 0 Å². The van der Waals surface area contributed by atoms with Gasteiger partial charge in [0.15, 0.2) is 0 Å². The van der Waals surface area contributed by atoms with Gasteiger partial charge in [0.2, 0.25) is 5.91 Å². The van der Waals surface area contributed by atoms with Gasteiger partial charge in [0.05, 0.1) is 13.0 Å². The van der Waals surface area contributed by atoms with Gasteiger partial charge in [-0.2, -0.15) is 0 Å². The standard InChI is InChI=1S/C16H24ClN3O2.ClH/c17-14-2-4-15(5-3-14)22-13-6-16(21)19-7-1-10-20-11-8-18-9-12-20;/h2-5,18H,1,6-13H2,(H,19,21);1H. The van der Waals surface area contributed by atoms with Gasteiger partial charge in [-0.15, -0.1) is 12.4 Å². The third kappa shape index (κ3) is 8.42. The summed E-state index contributed by atoms with van der Waals surface area (Å²) in [6, 6.07) is 7.14. The number of nitrogens with one attached hydrogen (secondary N) is 2. The summed E-state index contributed by atoms with van der Waals surface area (Å²) in [4.78, 5) is 14.1. The maximum atomic E-state index is 11.7. The fourth-order valence-corrected chi connectivity index (χ4v) is 2.47. The molecule has 7 heteroatoms. The average molecular weight is 362 g/mol. The minimum atomic E-state index is 0. The molecule has 1 aliphatic heterocycles. The fourth-order valence-electron chi connectivity index (χ4n) is 2.35. The highest BCUT2D eigenvalue weighted by Crippen LogP contribution is 2.15. The number of carbonyl (C=O) groups excluding carboxylic acids is 1. The second-order valence-corrected chi connectivity index (χ2v) is 5.78. The summed E-state index contributed by atoms with van der Waals surface area (Å²) in [6.07, 6.45) is 1.36. The van der Waals surface area contributed by atoms with Crippen LogP contribution in [0.25, 0.3) is 0 Å². The number of halogens is 2. The normalized spacial score (nSPS) is 14.8. The van der Waals surface area contributed by atoms with Gasteiger partial charge in [-0.1, -0.05) is 11.6 Å². The van der Waals surface area contributed by atoms with Crippen molar-refractivity contribution in [2.75, 3.05) is 45.9 Å². The number of benzene rings is 1. The van der Waals surface area contributed by atoms with Crippen LogP contribution in [-0.2, 0) is 4.79 Å². The van der Waals surface area contributed by atoms with Crippen LogP contribution < -0.4 is 15.4 Å². The van der Waals surface area contributed by atoms with Crippen LogP contribution in [0.15, 0.2) is 24.3 Å². The molecule has 2 rings (SSSR count). The topological polar surface area (TPSA) is 53.6 Å². The fraction of sp³-hybridized carbons (Fsp3) is 0.562. The van der Waals surface area contributed by atoms with E-state index in [1.165, 1.54) is 0 Å². The van der Waals surface area contributed by atoms with Gasteiger partial charge in [-0.05, 0) is 37.2 Å². The van der Waals surface area contributed by atoms with E-state index in [0.717, 1.165) is 51.4 Å².